The molecule has 2 fully saturated rings. The van der Waals surface area contributed by atoms with Gasteiger partial charge in [-0.3, -0.25) is 0 Å². The Morgan fingerprint density at radius 1 is 0.941 bits per heavy atom. The fourth-order valence-corrected chi connectivity index (χ4v) is 2.70. The monoisotopic (exact) mass is 284 g/mol. The molecule has 2 saturated heterocycles. The van der Waals surface area contributed by atoms with E-state index in [4.69, 9.17) is 10.5 Å². The van der Waals surface area contributed by atoms with Gasteiger partial charge in [0.05, 0.1) is 0 Å². The van der Waals surface area contributed by atoms with Crippen molar-refractivity contribution in [1.82, 2.24) is 4.90 Å². The Balaban J connectivity index is 0.00000128. The third-order valence-corrected chi connectivity index (χ3v) is 3.90. The van der Waals surface area contributed by atoms with Crippen LogP contribution in [-0.2, 0) is 4.74 Å². The van der Waals surface area contributed by atoms with Crippen molar-refractivity contribution < 1.29 is 4.74 Å². The highest BCUT2D eigenvalue weighted by Gasteiger charge is 2.21. The van der Waals surface area contributed by atoms with E-state index < -0.39 is 0 Å². The summed E-state index contributed by atoms with van der Waals surface area (Å²) in [6.07, 6.45) is 5.13. The van der Waals surface area contributed by atoms with Crippen molar-refractivity contribution in [2.45, 2.75) is 25.7 Å². The first-order valence-electron chi connectivity index (χ1n) is 6.38. The third-order valence-electron chi connectivity index (χ3n) is 3.90. The largest absolute Gasteiger partial charge is 0.381 e. The van der Waals surface area contributed by atoms with Gasteiger partial charge in [-0.2, -0.15) is 0 Å². The molecule has 0 bridgehead atoms. The van der Waals surface area contributed by atoms with Crippen LogP contribution in [0.5, 0.6) is 0 Å². The fraction of sp³-hybridized carbons (Fsp3) is 1.00. The summed E-state index contributed by atoms with van der Waals surface area (Å²) < 4.78 is 5.39. The van der Waals surface area contributed by atoms with Crippen LogP contribution in [0.2, 0.25) is 0 Å². The molecular weight excluding hydrogens is 259 g/mol. The molecule has 5 heteroatoms. The van der Waals surface area contributed by atoms with Gasteiger partial charge in [-0.15, -0.1) is 24.8 Å². The Morgan fingerprint density at radius 3 is 2.06 bits per heavy atom. The lowest BCUT2D eigenvalue weighted by atomic mass is 9.94. The normalized spacial score (nSPS) is 23.8. The third kappa shape index (κ3) is 5.75. The number of rotatable bonds is 3. The van der Waals surface area contributed by atoms with Gasteiger partial charge < -0.3 is 15.4 Å². The van der Waals surface area contributed by atoms with Gasteiger partial charge in [0.15, 0.2) is 0 Å². The van der Waals surface area contributed by atoms with Gasteiger partial charge in [0, 0.05) is 19.8 Å². The number of ether oxygens (including phenoxy) is 1. The minimum atomic E-state index is 0. The number of likely N-dealkylation sites (tertiary alicyclic amines) is 1. The van der Waals surface area contributed by atoms with Crippen molar-refractivity contribution in [3.8, 4) is 0 Å². The molecule has 0 unspecified atom stereocenters. The molecule has 2 rings (SSSR count). The topological polar surface area (TPSA) is 38.5 Å². The number of nitrogens with zero attached hydrogens (tertiary/aromatic N) is 1. The lowest BCUT2D eigenvalue weighted by Gasteiger charge is -2.34. The molecule has 0 radical (unpaired) electrons. The predicted octanol–water partition coefficient (Wildman–Crippen LogP) is 1.93. The van der Waals surface area contributed by atoms with E-state index in [1.54, 1.807) is 0 Å². The molecule has 0 atom stereocenters. The zero-order chi connectivity index (χ0) is 10.5. The molecule has 0 aromatic carbocycles. The van der Waals surface area contributed by atoms with Crippen molar-refractivity contribution in [1.29, 1.82) is 0 Å². The van der Waals surface area contributed by atoms with Gasteiger partial charge in [0.2, 0.25) is 0 Å². The molecule has 2 N–H and O–H groups in total. The van der Waals surface area contributed by atoms with E-state index in [0.717, 1.165) is 31.6 Å². The minimum absolute atomic E-state index is 0. The minimum Gasteiger partial charge on any atom is -0.381 e. The van der Waals surface area contributed by atoms with Crippen molar-refractivity contribution in [3.63, 3.8) is 0 Å². The second-order valence-corrected chi connectivity index (χ2v) is 5.04. The SMILES string of the molecule is Cl.Cl.NCC1CCN(CC2CCOCC2)CC1. The zero-order valence-electron chi connectivity index (χ0n) is 10.5. The first-order chi connectivity index (χ1) is 7.38. The molecule has 2 heterocycles. The molecule has 104 valence electrons. The standard InChI is InChI=1S/C12H24N2O.2ClH/c13-9-11-1-5-14(6-2-11)10-12-3-7-15-8-4-12;;/h11-12H,1-10,13H2;2*1H. The van der Waals surface area contributed by atoms with Crippen LogP contribution in [0.3, 0.4) is 0 Å². The molecular formula is C12H26Cl2N2O. The van der Waals surface area contributed by atoms with E-state index in [1.807, 2.05) is 0 Å². The van der Waals surface area contributed by atoms with E-state index in [1.165, 1.54) is 45.3 Å². The van der Waals surface area contributed by atoms with E-state index in [9.17, 15) is 0 Å². The quantitative estimate of drug-likeness (QED) is 0.861. The molecule has 0 amide bonds. The summed E-state index contributed by atoms with van der Waals surface area (Å²) >= 11 is 0. The molecule has 0 spiro atoms. The Bertz CT molecular complexity index is 181. The van der Waals surface area contributed by atoms with Crippen LogP contribution in [0.4, 0.5) is 0 Å². The number of nitrogens with two attached hydrogens (primary N) is 1. The number of piperidine rings is 1. The van der Waals surface area contributed by atoms with Gasteiger partial charge >= 0.3 is 0 Å². The summed E-state index contributed by atoms with van der Waals surface area (Å²) in [7, 11) is 0. The number of hydrogen-bond donors (Lipinski definition) is 1. The molecule has 2 aliphatic heterocycles. The fourth-order valence-electron chi connectivity index (χ4n) is 2.70. The first-order valence-corrected chi connectivity index (χ1v) is 6.38. The molecule has 0 aromatic heterocycles. The van der Waals surface area contributed by atoms with Gasteiger partial charge in [0.25, 0.3) is 0 Å². The summed E-state index contributed by atoms with van der Waals surface area (Å²) in [5.41, 5.74) is 5.70. The molecule has 17 heavy (non-hydrogen) atoms. The number of hydrogen-bond acceptors (Lipinski definition) is 3. The average molecular weight is 285 g/mol. The predicted molar refractivity (Wildman–Crippen MR) is 76.3 cm³/mol. The van der Waals surface area contributed by atoms with Crippen LogP contribution in [-0.4, -0.2) is 44.3 Å². The number of halogens is 2. The second-order valence-electron chi connectivity index (χ2n) is 5.04. The molecule has 3 nitrogen and oxygen atoms in total. The summed E-state index contributed by atoms with van der Waals surface area (Å²) in [5.74, 6) is 1.67. The second kappa shape index (κ2) is 9.40. The van der Waals surface area contributed by atoms with Crippen LogP contribution >= 0.6 is 24.8 Å². The summed E-state index contributed by atoms with van der Waals surface area (Å²) in [5, 5.41) is 0. The summed E-state index contributed by atoms with van der Waals surface area (Å²) in [6, 6.07) is 0. The van der Waals surface area contributed by atoms with Crippen LogP contribution < -0.4 is 5.73 Å². The van der Waals surface area contributed by atoms with Crippen LogP contribution in [0.1, 0.15) is 25.7 Å². The van der Waals surface area contributed by atoms with Crippen LogP contribution in [0.15, 0.2) is 0 Å². The van der Waals surface area contributed by atoms with Crippen LogP contribution in [0, 0.1) is 11.8 Å². The van der Waals surface area contributed by atoms with E-state index in [2.05, 4.69) is 4.90 Å². The van der Waals surface area contributed by atoms with Crippen molar-refractivity contribution in [2.24, 2.45) is 17.6 Å². The molecule has 0 aromatic rings. The van der Waals surface area contributed by atoms with Crippen molar-refractivity contribution >= 4 is 24.8 Å². The lowest BCUT2D eigenvalue weighted by molar-refractivity contribution is 0.0471. The zero-order valence-corrected chi connectivity index (χ0v) is 12.1. The maximum atomic E-state index is 5.70. The molecule has 2 aliphatic rings. The van der Waals surface area contributed by atoms with Gasteiger partial charge in [-0.25, -0.2) is 0 Å². The highest BCUT2D eigenvalue weighted by Crippen LogP contribution is 2.20. The van der Waals surface area contributed by atoms with Gasteiger partial charge in [0.1, 0.15) is 0 Å². The van der Waals surface area contributed by atoms with Gasteiger partial charge in [-0.1, -0.05) is 0 Å². The Hall–Kier alpha value is 0.460. The Morgan fingerprint density at radius 2 is 1.53 bits per heavy atom. The first kappa shape index (κ1) is 17.5. The van der Waals surface area contributed by atoms with Crippen LogP contribution in [0.25, 0.3) is 0 Å². The smallest absolute Gasteiger partial charge is 0.0469 e. The maximum absolute atomic E-state index is 5.70. The summed E-state index contributed by atoms with van der Waals surface area (Å²) in [4.78, 5) is 2.63. The maximum Gasteiger partial charge on any atom is 0.0469 e. The van der Waals surface area contributed by atoms with E-state index >= 15 is 0 Å². The van der Waals surface area contributed by atoms with E-state index in [0.29, 0.717) is 0 Å². The molecule has 0 saturated carbocycles. The lowest BCUT2D eigenvalue weighted by Crippen LogP contribution is -2.39. The average Bonchev–Trinajstić information content (AvgIpc) is 2.31. The highest BCUT2D eigenvalue weighted by atomic mass is 35.5. The Labute approximate surface area is 117 Å². The Kier molecular flexibility index (Phi) is 9.65. The van der Waals surface area contributed by atoms with E-state index in [-0.39, 0.29) is 24.8 Å². The summed E-state index contributed by atoms with van der Waals surface area (Å²) in [6.45, 7) is 6.65. The van der Waals surface area contributed by atoms with Crippen molar-refractivity contribution in [2.75, 3.05) is 39.4 Å². The van der Waals surface area contributed by atoms with Gasteiger partial charge in [-0.05, 0) is 57.2 Å². The van der Waals surface area contributed by atoms with Crippen molar-refractivity contribution in [3.05, 3.63) is 0 Å². The highest BCUT2D eigenvalue weighted by molar-refractivity contribution is 5.85. The molecule has 0 aliphatic carbocycles.